The first-order chi connectivity index (χ1) is 15.6. The van der Waals surface area contributed by atoms with Crippen molar-refractivity contribution in [2.45, 2.75) is 38.3 Å². The smallest absolute Gasteiger partial charge is 0.254 e. The van der Waals surface area contributed by atoms with E-state index < -0.39 is 11.7 Å². The fraction of sp³-hybridized carbons (Fsp3) is 0.292. The van der Waals surface area contributed by atoms with Gasteiger partial charge in [-0.15, -0.1) is 0 Å². The normalized spacial score (nSPS) is 13.2. The third-order valence-corrected chi connectivity index (χ3v) is 5.38. The van der Waals surface area contributed by atoms with Crippen molar-refractivity contribution in [1.82, 2.24) is 20.8 Å². The Morgan fingerprint density at radius 1 is 1.09 bits per heavy atom. The number of hydrogen-bond acceptors (Lipinski definition) is 4. The Bertz CT molecular complexity index is 1050. The number of rotatable bonds is 6. The van der Waals surface area contributed by atoms with E-state index in [0.29, 0.717) is 11.1 Å². The van der Waals surface area contributed by atoms with E-state index in [1.165, 1.54) is 12.1 Å². The van der Waals surface area contributed by atoms with E-state index in [-0.39, 0.29) is 24.1 Å². The standard InChI is InChI=1S/C23H23FN4O2.CH4O/c24-21-11-16(18-13-26-27-14-18)8-9-20(21)23(30)25-12-15-4-3-5-17(10-15)22(29)28-19-6-1-2-7-19;1-2/h3-5,8-11,13-14,19H,1-2,6-7,12H2,(H,25,30)(H,26,27)(H,28,29);2H,1H3. The van der Waals surface area contributed by atoms with Crippen LogP contribution in [0, 0.1) is 5.82 Å². The van der Waals surface area contributed by atoms with Crippen molar-refractivity contribution in [2.24, 2.45) is 0 Å². The lowest BCUT2D eigenvalue weighted by molar-refractivity contribution is 0.0934. The number of aromatic amines is 1. The highest BCUT2D eigenvalue weighted by atomic mass is 19.1. The summed E-state index contributed by atoms with van der Waals surface area (Å²) in [7, 11) is 1.00. The fourth-order valence-electron chi connectivity index (χ4n) is 3.73. The van der Waals surface area contributed by atoms with Gasteiger partial charge in [0.25, 0.3) is 11.8 Å². The number of amides is 2. The zero-order valence-electron chi connectivity index (χ0n) is 17.9. The highest BCUT2D eigenvalue weighted by molar-refractivity contribution is 5.95. The van der Waals surface area contributed by atoms with Gasteiger partial charge in [0, 0.05) is 37.0 Å². The molecule has 0 spiro atoms. The van der Waals surface area contributed by atoms with E-state index in [9.17, 15) is 14.0 Å². The van der Waals surface area contributed by atoms with Gasteiger partial charge in [-0.1, -0.05) is 31.0 Å². The lowest BCUT2D eigenvalue weighted by atomic mass is 10.1. The number of H-pyrrole nitrogens is 1. The summed E-state index contributed by atoms with van der Waals surface area (Å²) >= 11 is 0. The molecule has 2 aromatic carbocycles. The lowest BCUT2D eigenvalue weighted by Crippen LogP contribution is -2.32. The maximum absolute atomic E-state index is 14.4. The second kappa shape index (κ2) is 11.2. The molecule has 32 heavy (non-hydrogen) atoms. The lowest BCUT2D eigenvalue weighted by Gasteiger charge is -2.13. The number of carbonyl (C=O) groups excluding carboxylic acids is 2. The summed E-state index contributed by atoms with van der Waals surface area (Å²) in [5.74, 6) is -1.21. The van der Waals surface area contributed by atoms with Crippen LogP contribution in [-0.2, 0) is 6.54 Å². The number of aliphatic hydroxyl groups is 1. The van der Waals surface area contributed by atoms with E-state index in [4.69, 9.17) is 5.11 Å². The molecule has 1 aliphatic carbocycles. The van der Waals surface area contributed by atoms with Crippen LogP contribution >= 0.6 is 0 Å². The number of carbonyl (C=O) groups is 2. The molecule has 4 rings (SSSR count). The molecule has 0 unspecified atom stereocenters. The van der Waals surface area contributed by atoms with Gasteiger partial charge < -0.3 is 15.7 Å². The van der Waals surface area contributed by atoms with Crippen molar-refractivity contribution >= 4 is 11.8 Å². The van der Waals surface area contributed by atoms with Gasteiger partial charge in [-0.2, -0.15) is 5.10 Å². The summed E-state index contributed by atoms with van der Waals surface area (Å²) in [4.78, 5) is 24.9. The van der Waals surface area contributed by atoms with Crippen molar-refractivity contribution in [3.05, 3.63) is 77.4 Å². The molecule has 3 aromatic rings. The van der Waals surface area contributed by atoms with Crippen LogP contribution in [0.3, 0.4) is 0 Å². The summed E-state index contributed by atoms with van der Waals surface area (Å²) in [6.45, 7) is 0.201. The Morgan fingerprint density at radius 3 is 2.56 bits per heavy atom. The SMILES string of the molecule is CO.O=C(NC1CCCC1)c1cccc(CNC(=O)c2ccc(-c3cn[nH]c3)cc2F)c1. The van der Waals surface area contributed by atoms with Gasteiger partial charge in [-0.25, -0.2) is 4.39 Å². The Balaban J connectivity index is 0.00000141. The predicted octanol–water partition coefficient (Wildman–Crippen LogP) is 3.43. The van der Waals surface area contributed by atoms with Crippen LogP contribution in [0.1, 0.15) is 52.0 Å². The minimum Gasteiger partial charge on any atom is -0.400 e. The van der Waals surface area contributed by atoms with E-state index in [1.807, 2.05) is 6.07 Å². The molecule has 7 nitrogen and oxygen atoms in total. The van der Waals surface area contributed by atoms with E-state index in [1.54, 1.807) is 36.7 Å². The molecule has 8 heteroatoms. The molecule has 1 heterocycles. The Morgan fingerprint density at radius 2 is 1.88 bits per heavy atom. The first-order valence-corrected chi connectivity index (χ1v) is 10.5. The average Bonchev–Trinajstić information content (AvgIpc) is 3.53. The van der Waals surface area contributed by atoms with Crippen molar-refractivity contribution < 1.29 is 19.1 Å². The van der Waals surface area contributed by atoms with Gasteiger partial charge in [0.15, 0.2) is 0 Å². The van der Waals surface area contributed by atoms with E-state index in [2.05, 4.69) is 20.8 Å². The first-order valence-electron chi connectivity index (χ1n) is 10.5. The Hall–Kier alpha value is -3.52. The number of halogens is 1. The third-order valence-electron chi connectivity index (χ3n) is 5.38. The largest absolute Gasteiger partial charge is 0.400 e. The van der Waals surface area contributed by atoms with Crippen molar-refractivity contribution in [2.75, 3.05) is 7.11 Å². The van der Waals surface area contributed by atoms with Crippen LogP contribution in [0.5, 0.6) is 0 Å². The molecule has 1 saturated carbocycles. The highest BCUT2D eigenvalue weighted by Crippen LogP contribution is 2.21. The number of benzene rings is 2. The van der Waals surface area contributed by atoms with Crippen LogP contribution < -0.4 is 10.6 Å². The van der Waals surface area contributed by atoms with Gasteiger partial charge in [0.2, 0.25) is 0 Å². The Kier molecular flexibility index (Phi) is 8.10. The van der Waals surface area contributed by atoms with Crippen LogP contribution in [0.2, 0.25) is 0 Å². The minimum absolute atomic E-state index is 0.0302. The topological polar surface area (TPSA) is 107 Å². The predicted molar refractivity (Wildman–Crippen MR) is 119 cm³/mol. The highest BCUT2D eigenvalue weighted by Gasteiger charge is 2.18. The molecule has 0 radical (unpaired) electrons. The third kappa shape index (κ3) is 5.79. The molecule has 2 amide bonds. The summed E-state index contributed by atoms with van der Waals surface area (Å²) in [6, 6.07) is 11.8. The van der Waals surface area contributed by atoms with Crippen LogP contribution in [0.15, 0.2) is 54.9 Å². The van der Waals surface area contributed by atoms with Crippen molar-refractivity contribution in [3.63, 3.8) is 0 Å². The quantitative estimate of drug-likeness (QED) is 0.473. The Labute approximate surface area is 186 Å². The van der Waals surface area contributed by atoms with E-state index in [0.717, 1.165) is 43.9 Å². The molecule has 1 aliphatic rings. The van der Waals surface area contributed by atoms with Crippen molar-refractivity contribution in [1.29, 1.82) is 0 Å². The van der Waals surface area contributed by atoms with Gasteiger partial charge in [0.05, 0.1) is 11.8 Å². The van der Waals surface area contributed by atoms with Crippen LogP contribution in [-0.4, -0.2) is 40.3 Å². The summed E-state index contributed by atoms with van der Waals surface area (Å²) < 4.78 is 14.4. The maximum Gasteiger partial charge on any atom is 0.254 e. The molecule has 0 bridgehead atoms. The zero-order valence-corrected chi connectivity index (χ0v) is 17.9. The van der Waals surface area contributed by atoms with Crippen LogP contribution in [0.4, 0.5) is 4.39 Å². The van der Waals surface area contributed by atoms with Gasteiger partial charge in [-0.3, -0.25) is 14.7 Å². The molecule has 4 N–H and O–H groups in total. The summed E-state index contributed by atoms with van der Waals surface area (Å²) in [6.07, 6.45) is 7.58. The second-order valence-electron chi connectivity index (χ2n) is 7.52. The molecule has 0 aliphatic heterocycles. The number of hydrogen-bond donors (Lipinski definition) is 4. The van der Waals surface area contributed by atoms with E-state index >= 15 is 0 Å². The summed E-state index contributed by atoms with van der Waals surface area (Å²) in [5, 5.41) is 19.3. The number of nitrogens with one attached hydrogen (secondary N) is 3. The summed E-state index contributed by atoms with van der Waals surface area (Å²) in [5.41, 5.74) is 2.69. The van der Waals surface area contributed by atoms with Gasteiger partial charge >= 0.3 is 0 Å². The maximum atomic E-state index is 14.4. The molecule has 0 saturated heterocycles. The zero-order chi connectivity index (χ0) is 22.9. The van der Waals surface area contributed by atoms with Gasteiger partial charge in [0.1, 0.15) is 5.82 Å². The van der Waals surface area contributed by atoms with Crippen LogP contribution in [0.25, 0.3) is 11.1 Å². The first kappa shape index (κ1) is 23.1. The molecular formula is C24H27FN4O3. The van der Waals surface area contributed by atoms with Crippen molar-refractivity contribution in [3.8, 4) is 11.1 Å². The molecular weight excluding hydrogens is 411 g/mol. The number of aliphatic hydroxyl groups excluding tert-OH is 1. The number of aromatic nitrogens is 2. The molecule has 0 atom stereocenters. The molecule has 1 fully saturated rings. The molecule has 168 valence electrons. The fourth-order valence-corrected chi connectivity index (χ4v) is 3.73. The molecule has 1 aromatic heterocycles. The number of nitrogens with zero attached hydrogens (tertiary/aromatic N) is 1. The monoisotopic (exact) mass is 438 g/mol. The van der Waals surface area contributed by atoms with Gasteiger partial charge in [-0.05, 0) is 48.2 Å². The minimum atomic E-state index is -0.601. The second-order valence-corrected chi connectivity index (χ2v) is 7.52. The average molecular weight is 439 g/mol.